The summed E-state index contributed by atoms with van der Waals surface area (Å²) in [6.07, 6.45) is 0. The van der Waals surface area contributed by atoms with Crippen molar-refractivity contribution >= 4 is 34.2 Å². The molecule has 86 valence electrons. The van der Waals surface area contributed by atoms with Gasteiger partial charge in [0.15, 0.2) is 0 Å². The van der Waals surface area contributed by atoms with Gasteiger partial charge in [-0.25, -0.2) is 0 Å². The highest BCUT2D eigenvalue weighted by Gasteiger charge is 2.50. The van der Waals surface area contributed by atoms with Gasteiger partial charge in [-0.05, 0) is 17.5 Å². The Morgan fingerprint density at radius 2 is 2.00 bits per heavy atom. The van der Waals surface area contributed by atoms with E-state index in [1.807, 2.05) is 25.2 Å². The summed E-state index contributed by atoms with van der Waals surface area (Å²) in [6, 6.07) is 8.14. The van der Waals surface area contributed by atoms with Gasteiger partial charge in [0.25, 0.3) is 0 Å². The summed E-state index contributed by atoms with van der Waals surface area (Å²) in [6.45, 7) is 4.26. The van der Waals surface area contributed by atoms with E-state index in [9.17, 15) is 4.79 Å². The molecule has 0 N–H and O–H groups in total. The smallest absolute Gasteiger partial charge is 0.238 e. The fourth-order valence-corrected chi connectivity index (χ4v) is 4.13. The summed E-state index contributed by atoms with van der Waals surface area (Å²) in [5, 5.41) is 0. The van der Waals surface area contributed by atoms with Crippen molar-refractivity contribution in [1.29, 1.82) is 0 Å². The molecule has 1 aromatic carbocycles. The molecule has 16 heavy (non-hydrogen) atoms. The SMILES string of the molecule is CC(C)C1(CI)C(=O)N(C)c2ccccc21. The van der Waals surface area contributed by atoms with Crippen LogP contribution in [0.3, 0.4) is 0 Å². The number of fused-ring (bicyclic) bond motifs is 1. The third-order valence-corrected chi connectivity index (χ3v) is 4.83. The van der Waals surface area contributed by atoms with Gasteiger partial charge < -0.3 is 4.90 Å². The van der Waals surface area contributed by atoms with Gasteiger partial charge in [-0.1, -0.05) is 54.6 Å². The normalized spacial score (nSPS) is 24.1. The highest BCUT2D eigenvalue weighted by Crippen LogP contribution is 2.46. The van der Waals surface area contributed by atoms with Crippen molar-refractivity contribution in [3.8, 4) is 0 Å². The van der Waals surface area contributed by atoms with Gasteiger partial charge in [-0.2, -0.15) is 0 Å². The second-order valence-corrected chi connectivity index (χ2v) is 5.40. The summed E-state index contributed by atoms with van der Waals surface area (Å²) >= 11 is 2.33. The molecule has 1 unspecified atom stereocenters. The summed E-state index contributed by atoms with van der Waals surface area (Å²) in [7, 11) is 1.87. The Morgan fingerprint density at radius 1 is 1.38 bits per heavy atom. The molecule has 2 nitrogen and oxygen atoms in total. The first-order valence-electron chi connectivity index (χ1n) is 5.49. The molecule has 1 atom stereocenters. The molecule has 1 aliphatic heterocycles. The molecule has 0 radical (unpaired) electrons. The van der Waals surface area contributed by atoms with E-state index in [-0.39, 0.29) is 11.3 Å². The van der Waals surface area contributed by atoms with E-state index in [0.29, 0.717) is 5.92 Å². The quantitative estimate of drug-likeness (QED) is 0.603. The van der Waals surface area contributed by atoms with Crippen LogP contribution in [0.5, 0.6) is 0 Å². The van der Waals surface area contributed by atoms with Crippen molar-refractivity contribution in [2.45, 2.75) is 19.3 Å². The van der Waals surface area contributed by atoms with E-state index < -0.39 is 0 Å². The van der Waals surface area contributed by atoms with Gasteiger partial charge in [0.05, 0.1) is 5.41 Å². The lowest BCUT2D eigenvalue weighted by Gasteiger charge is -2.30. The largest absolute Gasteiger partial charge is 0.314 e. The van der Waals surface area contributed by atoms with E-state index in [1.165, 1.54) is 5.56 Å². The maximum Gasteiger partial charge on any atom is 0.238 e. The fourth-order valence-electron chi connectivity index (χ4n) is 2.51. The maximum atomic E-state index is 12.5. The topological polar surface area (TPSA) is 20.3 Å². The molecule has 1 aromatic rings. The van der Waals surface area contributed by atoms with Crippen LogP contribution in [0.4, 0.5) is 5.69 Å². The highest BCUT2D eigenvalue weighted by molar-refractivity contribution is 14.1. The number of carbonyl (C=O) groups is 1. The molecule has 1 amide bonds. The van der Waals surface area contributed by atoms with E-state index in [1.54, 1.807) is 4.90 Å². The number of likely N-dealkylation sites (N-methyl/N-ethyl adjacent to an activating group) is 1. The lowest BCUT2D eigenvalue weighted by molar-refractivity contribution is -0.123. The van der Waals surface area contributed by atoms with Crippen LogP contribution in [0.1, 0.15) is 19.4 Å². The summed E-state index contributed by atoms with van der Waals surface area (Å²) in [4.78, 5) is 14.3. The van der Waals surface area contributed by atoms with Crippen molar-refractivity contribution < 1.29 is 4.79 Å². The second kappa shape index (κ2) is 4.02. The zero-order valence-corrected chi connectivity index (χ0v) is 12.0. The first-order valence-corrected chi connectivity index (χ1v) is 7.02. The molecule has 2 rings (SSSR count). The molecule has 0 aliphatic carbocycles. The number of benzene rings is 1. The Balaban J connectivity index is 2.68. The van der Waals surface area contributed by atoms with Crippen LogP contribution in [-0.4, -0.2) is 17.4 Å². The van der Waals surface area contributed by atoms with Gasteiger partial charge in [0.2, 0.25) is 5.91 Å². The van der Waals surface area contributed by atoms with Gasteiger partial charge >= 0.3 is 0 Å². The molecule has 1 heterocycles. The molecular weight excluding hydrogens is 313 g/mol. The van der Waals surface area contributed by atoms with Crippen LogP contribution in [-0.2, 0) is 10.2 Å². The first kappa shape index (κ1) is 11.9. The van der Waals surface area contributed by atoms with Crippen LogP contribution in [0.2, 0.25) is 0 Å². The van der Waals surface area contributed by atoms with E-state index >= 15 is 0 Å². The Morgan fingerprint density at radius 3 is 2.56 bits per heavy atom. The van der Waals surface area contributed by atoms with Gasteiger partial charge in [-0.3, -0.25) is 4.79 Å². The van der Waals surface area contributed by atoms with Crippen LogP contribution in [0, 0.1) is 5.92 Å². The molecule has 0 aromatic heterocycles. The van der Waals surface area contributed by atoms with Crippen LogP contribution in [0.15, 0.2) is 24.3 Å². The summed E-state index contributed by atoms with van der Waals surface area (Å²) in [5.74, 6) is 0.557. The number of hydrogen-bond acceptors (Lipinski definition) is 1. The molecular formula is C13H16INO. The number of rotatable bonds is 2. The standard InChI is InChI=1S/C13H16INO/c1-9(2)13(8-14)10-6-4-5-7-11(10)15(3)12(13)16/h4-7,9H,8H2,1-3H3. The zero-order valence-electron chi connectivity index (χ0n) is 9.83. The van der Waals surface area contributed by atoms with Crippen LogP contribution < -0.4 is 4.90 Å². The maximum absolute atomic E-state index is 12.5. The average molecular weight is 329 g/mol. The number of carbonyl (C=O) groups excluding carboxylic acids is 1. The summed E-state index contributed by atoms with van der Waals surface area (Å²) < 4.78 is 0.836. The Bertz CT molecular complexity index is 430. The van der Waals surface area contributed by atoms with E-state index in [4.69, 9.17) is 0 Å². The molecule has 3 heteroatoms. The molecule has 0 bridgehead atoms. The fraction of sp³-hybridized carbons (Fsp3) is 0.462. The number of hydrogen-bond donors (Lipinski definition) is 0. The van der Waals surface area contributed by atoms with Crippen LogP contribution in [0.25, 0.3) is 0 Å². The third-order valence-electron chi connectivity index (χ3n) is 3.63. The molecule has 0 saturated carbocycles. The van der Waals surface area contributed by atoms with E-state index in [2.05, 4.69) is 42.5 Å². The van der Waals surface area contributed by atoms with Crippen molar-refractivity contribution in [3.05, 3.63) is 29.8 Å². The Labute approximate surface area is 110 Å². The number of alkyl halides is 1. The van der Waals surface area contributed by atoms with Crippen molar-refractivity contribution in [1.82, 2.24) is 0 Å². The lowest BCUT2D eigenvalue weighted by atomic mass is 9.74. The first-order chi connectivity index (χ1) is 7.55. The monoisotopic (exact) mass is 329 g/mol. The van der Waals surface area contributed by atoms with Gasteiger partial charge in [0.1, 0.15) is 0 Å². The number of halogens is 1. The highest BCUT2D eigenvalue weighted by atomic mass is 127. The Hall–Kier alpha value is -0.580. The molecule has 0 fully saturated rings. The third kappa shape index (κ3) is 1.33. The minimum absolute atomic E-state index is 0.234. The average Bonchev–Trinajstić information content (AvgIpc) is 2.50. The van der Waals surface area contributed by atoms with E-state index in [0.717, 1.165) is 10.1 Å². The van der Waals surface area contributed by atoms with Crippen molar-refractivity contribution in [2.24, 2.45) is 5.92 Å². The predicted octanol–water partition coefficient (Wildman–Crippen LogP) is 2.99. The Kier molecular flexibility index (Phi) is 2.99. The second-order valence-electron chi connectivity index (χ2n) is 4.64. The number of anilines is 1. The zero-order chi connectivity index (χ0) is 11.9. The summed E-state index contributed by atoms with van der Waals surface area (Å²) in [5.41, 5.74) is 1.93. The molecule has 0 spiro atoms. The minimum atomic E-state index is -0.327. The molecule has 1 aliphatic rings. The lowest BCUT2D eigenvalue weighted by Crippen LogP contribution is -2.44. The molecule has 0 saturated heterocycles. The van der Waals surface area contributed by atoms with Crippen molar-refractivity contribution in [2.75, 3.05) is 16.4 Å². The van der Waals surface area contributed by atoms with Crippen LogP contribution >= 0.6 is 22.6 Å². The minimum Gasteiger partial charge on any atom is -0.314 e. The van der Waals surface area contributed by atoms with Gasteiger partial charge in [0, 0.05) is 17.2 Å². The number of amides is 1. The predicted molar refractivity (Wildman–Crippen MR) is 75.3 cm³/mol. The van der Waals surface area contributed by atoms with Gasteiger partial charge in [-0.15, -0.1) is 0 Å². The number of nitrogens with zero attached hydrogens (tertiary/aromatic N) is 1. The number of para-hydroxylation sites is 1. The van der Waals surface area contributed by atoms with Crippen molar-refractivity contribution in [3.63, 3.8) is 0 Å².